The number of rotatable bonds is 5. The Morgan fingerprint density at radius 1 is 1.60 bits per heavy atom. The van der Waals surface area contributed by atoms with Gasteiger partial charge in [-0.15, -0.1) is 0 Å². The molecule has 0 unspecified atom stereocenters. The van der Waals surface area contributed by atoms with Crippen LogP contribution in [-0.2, 0) is 9.57 Å². The number of nitrogen functional groups attached to an aromatic ring is 1. The van der Waals surface area contributed by atoms with Gasteiger partial charge < -0.3 is 10.5 Å². The Kier molecular flexibility index (Phi) is 4.52. The van der Waals surface area contributed by atoms with Gasteiger partial charge in [-0.05, 0) is 12.1 Å². The van der Waals surface area contributed by atoms with Gasteiger partial charge >= 0.3 is 0 Å². The molecule has 82 valence electrons. The van der Waals surface area contributed by atoms with Crippen molar-refractivity contribution in [2.75, 3.05) is 26.1 Å². The van der Waals surface area contributed by atoms with Crippen LogP contribution < -0.4 is 11.2 Å². The van der Waals surface area contributed by atoms with Crippen LogP contribution in [0.2, 0.25) is 0 Å². The van der Waals surface area contributed by atoms with Crippen LogP contribution in [0.15, 0.2) is 18.3 Å². The number of carbonyl (C=O) groups is 1. The lowest BCUT2D eigenvalue weighted by molar-refractivity contribution is 0.00864. The van der Waals surface area contributed by atoms with Gasteiger partial charge in [-0.3, -0.25) is 9.63 Å². The van der Waals surface area contributed by atoms with Crippen LogP contribution in [0.5, 0.6) is 0 Å². The molecule has 0 saturated heterocycles. The zero-order chi connectivity index (χ0) is 11.1. The number of anilines is 1. The fourth-order valence-electron chi connectivity index (χ4n) is 0.897. The van der Waals surface area contributed by atoms with E-state index in [0.717, 1.165) is 0 Å². The number of hydrogen-bond acceptors (Lipinski definition) is 5. The molecule has 3 N–H and O–H groups in total. The van der Waals surface area contributed by atoms with E-state index in [1.807, 2.05) is 0 Å². The van der Waals surface area contributed by atoms with E-state index in [1.54, 1.807) is 19.2 Å². The number of carbonyl (C=O) groups excluding carboxylic acids is 1. The lowest BCUT2D eigenvalue weighted by Crippen LogP contribution is -2.27. The third-order valence-corrected chi connectivity index (χ3v) is 1.61. The molecule has 0 radical (unpaired) electrons. The van der Waals surface area contributed by atoms with Crippen molar-refractivity contribution in [3.05, 3.63) is 24.0 Å². The maximum atomic E-state index is 11.4. The van der Waals surface area contributed by atoms with Crippen molar-refractivity contribution in [1.82, 2.24) is 10.5 Å². The maximum absolute atomic E-state index is 11.4. The first-order chi connectivity index (χ1) is 7.25. The van der Waals surface area contributed by atoms with Crippen molar-refractivity contribution in [2.45, 2.75) is 0 Å². The molecule has 0 saturated carbocycles. The summed E-state index contributed by atoms with van der Waals surface area (Å²) in [5.74, 6) is -0.468. The van der Waals surface area contributed by atoms with Crippen LogP contribution in [0.25, 0.3) is 0 Å². The molecule has 0 aliphatic heterocycles. The van der Waals surface area contributed by atoms with Crippen LogP contribution in [0.3, 0.4) is 0 Å². The number of amides is 1. The number of aromatic nitrogens is 1. The fraction of sp³-hybridized carbons (Fsp3) is 0.333. The summed E-state index contributed by atoms with van der Waals surface area (Å²) in [4.78, 5) is 20.1. The Labute approximate surface area is 87.3 Å². The van der Waals surface area contributed by atoms with Gasteiger partial charge in [0, 0.05) is 13.3 Å². The van der Waals surface area contributed by atoms with Crippen LogP contribution in [0, 0.1) is 0 Å². The van der Waals surface area contributed by atoms with Crippen LogP contribution in [-0.4, -0.2) is 31.2 Å². The van der Waals surface area contributed by atoms with Gasteiger partial charge in [0.25, 0.3) is 5.91 Å². The van der Waals surface area contributed by atoms with Crippen molar-refractivity contribution in [3.63, 3.8) is 0 Å². The molecule has 0 fully saturated rings. The molecule has 15 heavy (non-hydrogen) atoms. The van der Waals surface area contributed by atoms with E-state index in [-0.39, 0.29) is 12.3 Å². The number of methoxy groups -OCH3 is 1. The van der Waals surface area contributed by atoms with Gasteiger partial charge in [-0.1, -0.05) is 0 Å². The van der Waals surface area contributed by atoms with Gasteiger partial charge in [0.1, 0.15) is 0 Å². The summed E-state index contributed by atoms with van der Waals surface area (Å²) in [5.41, 5.74) is 8.22. The predicted octanol–water partition coefficient (Wildman–Crippen LogP) is -0.0284. The third-order valence-electron chi connectivity index (χ3n) is 1.61. The number of ether oxygens (including phenoxy) is 1. The average Bonchev–Trinajstić information content (AvgIpc) is 2.25. The van der Waals surface area contributed by atoms with E-state index >= 15 is 0 Å². The Balaban J connectivity index is 2.44. The lowest BCUT2D eigenvalue weighted by Gasteiger charge is -2.05. The van der Waals surface area contributed by atoms with E-state index in [0.29, 0.717) is 12.3 Å². The topological polar surface area (TPSA) is 86.5 Å². The minimum atomic E-state index is -0.468. The zero-order valence-electron chi connectivity index (χ0n) is 8.40. The molecule has 0 spiro atoms. The van der Waals surface area contributed by atoms with Gasteiger partial charge in [0.2, 0.25) is 0 Å². The first-order valence-electron chi connectivity index (χ1n) is 4.37. The molecule has 0 atom stereocenters. The second-order valence-corrected chi connectivity index (χ2v) is 2.71. The third kappa shape index (κ3) is 3.53. The molecule has 0 aliphatic rings. The first kappa shape index (κ1) is 11.4. The van der Waals surface area contributed by atoms with E-state index in [1.165, 1.54) is 6.20 Å². The SMILES string of the molecule is COCCONC(=O)c1ncccc1N. The number of pyridine rings is 1. The highest BCUT2D eigenvalue weighted by molar-refractivity contribution is 5.96. The number of hydrogen-bond donors (Lipinski definition) is 2. The smallest absolute Gasteiger partial charge is 0.295 e. The van der Waals surface area contributed by atoms with E-state index in [9.17, 15) is 4.79 Å². The highest BCUT2D eigenvalue weighted by Gasteiger charge is 2.09. The molecule has 1 aromatic rings. The summed E-state index contributed by atoms with van der Waals surface area (Å²) in [6, 6.07) is 3.25. The van der Waals surface area contributed by atoms with Gasteiger partial charge in [-0.2, -0.15) is 0 Å². The molecule has 1 aromatic heterocycles. The summed E-state index contributed by atoms with van der Waals surface area (Å²) in [7, 11) is 1.54. The fourth-order valence-corrected chi connectivity index (χ4v) is 0.897. The van der Waals surface area contributed by atoms with Crippen molar-refractivity contribution in [3.8, 4) is 0 Å². The lowest BCUT2D eigenvalue weighted by atomic mass is 10.3. The van der Waals surface area contributed by atoms with Crippen LogP contribution in [0.4, 0.5) is 5.69 Å². The summed E-state index contributed by atoms with van der Waals surface area (Å²) in [6.45, 7) is 0.674. The van der Waals surface area contributed by atoms with Gasteiger partial charge in [-0.25, -0.2) is 10.5 Å². The molecular formula is C9H13N3O3. The molecule has 0 aromatic carbocycles. The number of hydroxylamine groups is 1. The minimum absolute atomic E-state index is 0.148. The molecular weight excluding hydrogens is 198 g/mol. The predicted molar refractivity (Wildman–Crippen MR) is 53.9 cm³/mol. The molecule has 1 heterocycles. The summed E-state index contributed by atoms with van der Waals surface area (Å²) >= 11 is 0. The molecule has 1 rings (SSSR count). The zero-order valence-corrected chi connectivity index (χ0v) is 8.40. The standard InChI is InChI=1S/C9H13N3O3/c1-14-5-6-15-12-9(13)8-7(10)3-2-4-11-8/h2-4H,5-6,10H2,1H3,(H,12,13). The first-order valence-corrected chi connectivity index (χ1v) is 4.37. The second kappa shape index (κ2) is 5.94. The number of nitrogens with two attached hydrogens (primary N) is 1. The van der Waals surface area contributed by atoms with E-state index in [4.69, 9.17) is 15.3 Å². The number of nitrogens with one attached hydrogen (secondary N) is 1. The quantitative estimate of drug-likeness (QED) is 0.527. The molecule has 0 aliphatic carbocycles. The normalized spacial score (nSPS) is 9.93. The Bertz CT molecular complexity index is 330. The Morgan fingerprint density at radius 3 is 3.07 bits per heavy atom. The van der Waals surface area contributed by atoms with E-state index in [2.05, 4.69) is 10.5 Å². The molecule has 6 nitrogen and oxygen atoms in total. The molecule has 0 bridgehead atoms. The molecule has 6 heteroatoms. The van der Waals surface area contributed by atoms with Crippen LogP contribution in [0.1, 0.15) is 10.5 Å². The van der Waals surface area contributed by atoms with Crippen LogP contribution >= 0.6 is 0 Å². The average molecular weight is 211 g/mol. The second-order valence-electron chi connectivity index (χ2n) is 2.71. The van der Waals surface area contributed by atoms with E-state index < -0.39 is 5.91 Å². The summed E-state index contributed by atoms with van der Waals surface area (Å²) < 4.78 is 4.74. The maximum Gasteiger partial charge on any atom is 0.295 e. The van der Waals surface area contributed by atoms with Crippen molar-refractivity contribution < 1.29 is 14.4 Å². The summed E-state index contributed by atoms with van der Waals surface area (Å²) in [5, 5.41) is 0. The van der Waals surface area contributed by atoms with Crippen molar-refractivity contribution in [2.24, 2.45) is 0 Å². The van der Waals surface area contributed by atoms with Gasteiger partial charge in [0.15, 0.2) is 5.69 Å². The highest BCUT2D eigenvalue weighted by atomic mass is 16.7. The minimum Gasteiger partial charge on any atom is -0.397 e. The van der Waals surface area contributed by atoms with Crippen molar-refractivity contribution >= 4 is 11.6 Å². The monoisotopic (exact) mass is 211 g/mol. The largest absolute Gasteiger partial charge is 0.397 e. The summed E-state index contributed by atoms with van der Waals surface area (Å²) in [6.07, 6.45) is 1.49. The Morgan fingerprint density at radius 2 is 2.40 bits per heavy atom. The highest BCUT2D eigenvalue weighted by Crippen LogP contribution is 2.05. The van der Waals surface area contributed by atoms with Gasteiger partial charge in [0.05, 0.1) is 18.9 Å². The Hall–Kier alpha value is -1.66. The van der Waals surface area contributed by atoms with Crippen molar-refractivity contribution in [1.29, 1.82) is 0 Å². The molecule has 1 amide bonds. The number of nitrogens with zero attached hydrogens (tertiary/aromatic N) is 1.